The lowest BCUT2D eigenvalue weighted by molar-refractivity contribution is 0.682. The van der Waals surface area contributed by atoms with Crippen LogP contribution in [0.3, 0.4) is 0 Å². The van der Waals surface area contributed by atoms with Crippen molar-refractivity contribution < 1.29 is 0 Å². The lowest BCUT2D eigenvalue weighted by Gasteiger charge is -2.16. The maximum Gasteiger partial charge on any atom is 0.256 e. The lowest BCUT2D eigenvalue weighted by atomic mass is 10.3. The molecule has 0 saturated heterocycles. The summed E-state index contributed by atoms with van der Waals surface area (Å²) in [6.07, 6.45) is 3.39. The number of nitrogens with one attached hydrogen (secondary N) is 1. The summed E-state index contributed by atoms with van der Waals surface area (Å²) in [7, 11) is 0. The van der Waals surface area contributed by atoms with Crippen molar-refractivity contribution in [1.82, 2.24) is 5.32 Å². The third-order valence-corrected chi connectivity index (χ3v) is 3.18. The predicted molar refractivity (Wildman–Crippen MR) is 38.9 cm³/mol. The highest BCUT2D eigenvalue weighted by Crippen LogP contribution is 2.07. The van der Waals surface area contributed by atoms with Crippen LogP contribution in [0.2, 0.25) is 0 Å². The van der Waals surface area contributed by atoms with Gasteiger partial charge in [0.05, 0.1) is 5.50 Å². The first-order valence-electron chi connectivity index (χ1n) is 2.85. The van der Waals surface area contributed by atoms with E-state index in [9.17, 15) is 0 Å². The molecule has 8 heavy (non-hydrogen) atoms. The Bertz CT molecular complexity index is 113. The van der Waals surface area contributed by atoms with Gasteiger partial charge in [0.2, 0.25) is 0 Å². The highest BCUT2D eigenvalue weighted by molar-refractivity contribution is 6.32. The molecule has 0 aliphatic carbocycles. The van der Waals surface area contributed by atoms with Crippen molar-refractivity contribution in [2.75, 3.05) is 6.54 Å². The van der Waals surface area contributed by atoms with Crippen LogP contribution >= 0.6 is 11.6 Å². The van der Waals surface area contributed by atoms with Gasteiger partial charge in [-0.25, -0.2) is 0 Å². The molecule has 0 saturated carbocycles. The lowest BCUT2D eigenvalue weighted by Crippen LogP contribution is -2.30. The van der Waals surface area contributed by atoms with Crippen molar-refractivity contribution in [2.24, 2.45) is 0 Å². The molecule has 1 rings (SSSR count). The van der Waals surface area contributed by atoms with E-state index in [4.69, 9.17) is 11.6 Å². The van der Waals surface area contributed by atoms with Gasteiger partial charge in [-0.1, -0.05) is 6.08 Å². The van der Waals surface area contributed by atoms with Crippen molar-refractivity contribution in [3.05, 3.63) is 10.5 Å². The Morgan fingerprint density at radius 1 is 1.88 bits per heavy atom. The standard InChI is InChI=1S/C5H7ClN.Al.2H/c6-5-3-1-2-4-7-5;;;/h1,5,7H,2,4H2;;;/t5-;;;/m0.../s1. The number of halogens is 1. The summed E-state index contributed by atoms with van der Waals surface area (Å²) >= 11 is 6.92. The molecule has 0 unspecified atom stereocenters. The number of hydrogen-bond acceptors (Lipinski definition) is 1. The zero-order valence-electron chi connectivity index (χ0n) is 4.95. The van der Waals surface area contributed by atoms with E-state index >= 15 is 0 Å². The van der Waals surface area contributed by atoms with Crippen molar-refractivity contribution in [3.63, 3.8) is 0 Å². The van der Waals surface area contributed by atoms with E-state index in [1.54, 1.807) is 0 Å². The Hall–Kier alpha value is 0.522. The minimum atomic E-state index is 0.149. The number of alkyl halides is 1. The molecule has 0 bridgehead atoms. The van der Waals surface area contributed by atoms with Gasteiger partial charge in [-0.2, -0.15) is 0 Å². The molecule has 0 aromatic heterocycles. The Labute approximate surface area is 62.5 Å². The molecule has 1 heterocycles. The fraction of sp³-hybridized carbons (Fsp3) is 0.600. The molecule has 0 fully saturated rings. The Balaban J connectivity index is 2.53. The van der Waals surface area contributed by atoms with Gasteiger partial charge in [0.15, 0.2) is 0 Å². The third kappa shape index (κ3) is 1.50. The van der Waals surface area contributed by atoms with Gasteiger partial charge >= 0.3 is 0 Å². The first-order chi connectivity index (χ1) is 3.80. The molecule has 1 N–H and O–H groups in total. The van der Waals surface area contributed by atoms with Crippen LogP contribution in [0.4, 0.5) is 0 Å². The van der Waals surface area contributed by atoms with Crippen molar-refractivity contribution in [1.29, 1.82) is 0 Å². The molecule has 3 heteroatoms. The molecular formula is C5H9AlClN. The van der Waals surface area contributed by atoms with Crippen LogP contribution in [-0.4, -0.2) is 28.3 Å². The quantitative estimate of drug-likeness (QED) is 0.289. The monoisotopic (exact) mass is 145 g/mol. The Morgan fingerprint density at radius 3 is 3.00 bits per heavy atom. The first-order valence-corrected chi connectivity index (χ1v) is 4.28. The zero-order valence-corrected chi connectivity index (χ0v) is 7.70. The van der Waals surface area contributed by atoms with Crippen LogP contribution in [0, 0.1) is 0 Å². The molecule has 0 amide bonds. The Morgan fingerprint density at radius 2 is 2.62 bits per heavy atom. The smallest absolute Gasteiger partial charge is 0.256 e. The summed E-state index contributed by atoms with van der Waals surface area (Å²) in [5.41, 5.74) is 0.149. The molecule has 0 spiro atoms. The van der Waals surface area contributed by atoms with Crippen molar-refractivity contribution >= 4 is 27.9 Å². The number of rotatable bonds is 0. The average Bonchev–Trinajstić information content (AvgIpc) is 1.77. The molecule has 1 aliphatic heterocycles. The SMILES string of the molecule is [AlH2][C]1=CCCN[C@@H]1Cl. The summed E-state index contributed by atoms with van der Waals surface area (Å²) < 4.78 is 1.39. The normalized spacial score (nSPS) is 29.6. The van der Waals surface area contributed by atoms with Gasteiger partial charge in [0.1, 0.15) is 0 Å². The minimum Gasteiger partial charge on any atom is -0.299 e. The molecule has 1 nitrogen and oxygen atoms in total. The fourth-order valence-electron chi connectivity index (χ4n) is 0.774. The maximum atomic E-state index is 5.82. The third-order valence-electron chi connectivity index (χ3n) is 1.33. The fourth-order valence-corrected chi connectivity index (χ4v) is 1.47. The molecule has 1 atom stereocenters. The average molecular weight is 146 g/mol. The zero-order chi connectivity index (χ0) is 5.98. The molecular weight excluding hydrogens is 136 g/mol. The van der Waals surface area contributed by atoms with E-state index in [1.165, 1.54) is 4.44 Å². The van der Waals surface area contributed by atoms with E-state index in [-0.39, 0.29) is 5.50 Å². The van der Waals surface area contributed by atoms with Crippen LogP contribution in [0.5, 0.6) is 0 Å². The number of hydrogen-bond donors (Lipinski definition) is 1. The molecule has 0 aromatic rings. The van der Waals surface area contributed by atoms with E-state index in [0.717, 1.165) is 29.3 Å². The van der Waals surface area contributed by atoms with E-state index in [2.05, 4.69) is 11.4 Å². The summed E-state index contributed by atoms with van der Waals surface area (Å²) in [5.74, 6) is 0. The van der Waals surface area contributed by atoms with Gasteiger partial charge in [0.25, 0.3) is 16.3 Å². The van der Waals surface area contributed by atoms with Crippen molar-refractivity contribution in [2.45, 2.75) is 11.9 Å². The summed E-state index contributed by atoms with van der Waals surface area (Å²) in [6.45, 7) is 1.04. The van der Waals surface area contributed by atoms with Gasteiger partial charge in [-0.15, -0.1) is 16.0 Å². The van der Waals surface area contributed by atoms with Gasteiger partial charge in [0, 0.05) is 6.54 Å². The maximum absolute atomic E-state index is 5.82. The van der Waals surface area contributed by atoms with Crippen LogP contribution in [0.25, 0.3) is 0 Å². The van der Waals surface area contributed by atoms with Gasteiger partial charge < -0.3 is 0 Å². The van der Waals surface area contributed by atoms with E-state index < -0.39 is 0 Å². The molecule has 0 radical (unpaired) electrons. The van der Waals surface area contributed by atoms with Gasteiger partial charge in [-0.05, 0) is 6.42 Å². The topological polar surface area (TPSA) is 12.0 Å². The summed E-state index contributed by atoms with van der Waals surface area (Å²) in [6, 6.07) is 0. The van der Waals surface area contributed by atoms with Crippen LogP contribution < -0.4 is 5.32 Å². The summed E-state index contributed by atoms with van der Waals surface area (Å²) in [4.78, 5) is 0. The predicted octanol–water partition coefficient (Wildman–Crippen LogP) is 0.0616. The molecule has 44 valence electrons. The Kier molecular flexibility index (Phi) is 2.40. The minimum absolute atomic E-state index is 0.149. The molecule has 1 aliphatic rings. The highest BCUT2D eigenvalue weighted by atomic mass is 35.5. The second kappa shape index (κ2) is 2.89. The summed E-state index contributed by atoms with van der Waals surface area (Å²) in [5, 5.41) is 3.16. The van der Waals surface area contributed by atoms with Crippen LogP contribution in [-0.2, 0) is 0 Å². The van der Waals surface area contributed by atoms with E-state index in [0.29, 0.717) is 0 Å². The second-order valence-corrected chi connectivity index (χ2v) is 3.64. The van der Waals surface area contributed by atoms with Gasteiger partial charge in [-0.3, -0.25) is 5.32 Å². The highest BCUT2D eigenvalue weighted by Gasteiger charge is 2.07. The largest absolute Gasteiger partial charge is 0.299 e. The molecule has 0 aromatic carbocycles. The van der Waals surface area contributed by atoms with Crippen LogP contribution in [0.1, 0.15) is 6.42 Å². The van der Waals surface area contributed by atoms with Crippen LogP contribution in [0.15, 0.2) is 10.5 Å². The first kappa shape index (κ1) is 6.64. The second-order valence-electron chi connectivity index (χ2n) is 2.05. The van der Waals surface area contributed by atoms with Crippen molar-refractivity contribution in [3.8, 4) is 0 Å². The van der Waals surface area contributed by atoms with E-state index in [1.807, 2.05) is 0 Å².